The number of hydrogen-bond donors (Lipinski definition) is 1. The Morgan fingerprint density at radius 2 is 1.72 bits per heavy atom. The molecule has 1 aromatic heterocycles. The van der Waals surface area contributed by atoms with Crippen molar-refractivity contribution in [2.75, 3.05) is 12.0 Å². The first-order valence-electron chi connectivity index (χ1n) is 9.11. The lowest BCUT2D eigenvalue weighted by molar-refractivity contribution is 0.0921. The van der Waals surface area contributed by atoms with Crippen LogP contribution in [0, 0.1) is 6.92 Å². The minimum Gasteiger partial charge on any atom is -0.455 e. The van der Waals surface area contributed by atoms with Gasteiger partial charge in [0.1, 0.15) is 15.6 Å². The van der Waals surface area contributed by atoms with Gasteiger partial charge in [-0.05, 0) is 32.9 Å². The summed E-state index contributed by atoms with van der Waals surface area (Å²) >= 11 is 0. The van der Waals surface area contributed by atoms with E-state index in [4.69, 9.17) is 4.42 Å². The monoisotopic (exact) mass is 413 g/mol. The first-order chi connectivity index (χ1) is 13.5. The molecule has 0 spiro atoms. The molecule has 0 aliphatic carbocycles. The van der Waals surface area contributed by atoms with Crippen LogP contribution in [0.4, 0.5) is 0 Å². The van der Waals surface area contributed by atoms with Crippen LogP contribution in [0.3, 0.4) is 0 Å². The fraction of sp³-hybridized carbons (Fsp3) is 0.273. The molecule has 0 aliphatic heterocycles. The van der Waals surface area contributed by atoms with E-state index in [0.29, 0.717) is 16.7 Å². The topological polar surface area (TPSA) is 93.4 Å². The van der Waals surface area contributed by atoms with E-state index in [9.17, 15) is 18.0 Å². The summed E-state index contributed by atoms with van der Waals surface area (Å²) in [5, 5.41) is 3.04. The van der Waals surface area contributed by atoms with E-state index in [2.05, 4.69) is 5.32 Å². The number of rotatable bonds is 5. The van der Waals surface area contributed by atoms with Gasteiger partial charge in [-0.3, -0.25) is 9.59 Å². The highest BCUT2D eigenvalue weighted by atomic mass is 32.2. The van der Waals surface area contributed by atoms with Gasteiger partial charge in [-0.15, -0.1) is 0 Å². The standard InChI is InChI=1S/C22H23NO5S/c1-14-18(24)16-11-8-12-17(21(25)23-22(2,3)13-29(4,26)27)20(16)28-19(14)15-9-6-5-7-10-15/h5-12H,13H2,1-4H3,(H,23,25). The van der Waals surface area contributed by atoms with Crippen molar-refractivity contribution in [2.24, 2.45) is 0 Å². The minimum absolute atomic E-state index is 0.176. The molecule has 29 heavy (non-hydrogen) atoms. The zero-order chi connectivity index (χ0) is 21.4. The smallest absolute Gasteiger partial charge is 0.255 e. The Bertz CT molecular complexity index is 1240. The van der Waals surface area contributed by atoms with Gasteiger partial charge < -0.3 is 9.73 Å². The molecule has 6 nitrogen and oxygen atoms in total. The summed E-state index contributed by atoms with van der Waals surface area (Å²) in [4.78, 5) is 25.8. The number of carbonyl (C=O) groups excluding carboxylic acids is 1. The van der Waals surface area contributed by atoms with Crippen LogP contribution >= 0.6 is 0 Å². The van der Waals surface area contributed by atoms with Gasteiger partial charge in [0, 0.05) is 22.9 Å². The molecule has 0 bridgehead atoms. The number of benzene rings is 2. The molecule has 0 unspecified atom stereocenters. The van der Waals surface area contributed by atoms with Crippen LogP contribution in [0.5, 0.6) is 0 Å². The van der Waals surface area contributed by atoms with E-state index in [0.717, 1.165) is 11.8 Å². The second kappa shape index (κ2) is 7.48. The number of carbonyl (C=O) groups is 1. The number of sulfone groups is 1. The Morgan fingerprint density at radius 1 is 1.07 bits per heavy atom. The van der Waals surface area contributed by atoms with Crippen molar-refractivity contribution in [1.29, 1.82) is 0 Å². The maximum absolute atomic E-state index is 12.9. The minimum atomic E-state index is -3.30. The zero-order valence-electron chi connectivity index (χ0n) is 16.8. The molecule has 1 amide bonds. The Morgan fingerprint density at radius 3 is 2.34 bits per heavy atom. The van der Waals surface area contributed by atoms with Crippen LogP contribution in [0.2, 0.25) is 0 Å². The van der Waals surface area contributed by atoms with Gasteiger partial charge in [0.15, 0.2) is 11.0 Å². The highest BCUT2D eigenvalue weighted by molar-refractivity contribution is 7.90. The lowest BCUT2D eigenvalue weighted by Gasteiger charge is -2.25. The summed E-state index contributed by atoms with van der Waals surface area (Å²) in [5.74, 6) is -0.316. The molecule has 3 aromatic rings. The van der Waals surface area contributed by atoms with Gasteiger partial charge in [-0.2, -0.15) is 0 Å². The molecular formula is C22H23NO5S. The molecular weight excluding hydrogens is 390 g/mol. The molecule has 0 atom stereocenters. The molecule has 0 radical (unpaired) electrons. The average molecular weight is 413 g/mol. The van der Waals surface area contributed by atoms with Crippen molar-refractivity contribution in [3.05, 3.63) is 69.9 Å². The number of hydrogen-bond acceptors (Lipinski definition) is 5. The van der Waals surface area contributed by atoms with E-state index in [1.807, 2.05) is 30.3 Å². The predicted molar refractivity (Wildman–Crippen MR) is 114 cm³/mol. The first-order valence-corrected chi connectivity index (χ1v) is 11.2. The summed E-state index contributed by atoms with van der Waals surface area (Å²) in [7, 11) is -3.30. The van der Waals surface area contributed by atoms with Crippen molar-refractivity contribution in [3.63, 3.8) is 0 Å². The highest BCUT2D eigenvalue weighted by Crippen LogP contribution is 2.27. The Hall–Kier alpha value is -2.93. The molecule has 152 valence electrons. The fourth-order valence-corrected chi connectivity index (χ4v) is 4.80. The molecule has 0 saturated heterocycles. The summed E-state index contributed by atoms with van der Waals surface area (Å²) < 4.78 is 29.3. The number of para-hydroxylation sites is 1. The maximum atomic E-state index is 12.9. The normalized spacial score (nSPS) is 12.1. The second-order valence-electron chi connectivity index (χ2n) is 7.84. The third-order valence-electron chi connectivity index (χ3n) is 4.50. The van der Waals surface area contributed by atoms with Crippen LogP contribution < -0.4 is 10.7 Å². The third kappa shape index (κ3) is 4.56. The Kier molecular flexibility index (Phi) is 5.36. The van der Waals surface area contributed by atoms with E-state index in [1.165, 1.54) is 0 Å². The molecule has 0 fully saturated rings. The zero-order valence-corrected chi connectivity index (χ0v) is 17.6. The van der Waals surface area contributed by atoms with Gasteiger partial charge >= 0.3 is 0 Å². The predicted octanol–water partition coefficient (Wildman–Crippen LogP) is 3.32. The van der Waals surface area contributed by atoms with E-state index < -0.39 is 21.3 Å². The maximum Gasteiger partial charge on any atom is 0.255 e. The van der Waals surface area contributed by atoms with Gasteiger partial charge in [-0.1, -0.05) is 36.4 Å². The summed E-state index contributed by atoms with van der Waals surface area (Å²) in [5.41, 5.74) is 0.346. The molecule has 7 heteroatoms. The van der Waals surface area contributed by atoms with Crippen LogP contribution in [0.15, 0.2) is 57.7 Å². The number of amides is 1. The van der Waals surface area contributed by atoms with Gasteiger partial charge in [0.2, 0.25) is 0 Å². The third-order valence-corrected chi connectivity index (χ3v) is 5.75. The van der Waals surface area contributed by atoms with Crippen molar-refractivity contribution >= 4 is 26.7 Å². The van der Waals surface area contributed by atoms with E-state index in [-0.39, 0.29) is 22.3 Å². The Labute approximate surface area is 169 Å². The number of fused-ring (bicyclic) bond motifs is 1. The van der Waals surface area contributed by atoms with Crippen LogP contribution in [0.1, 0.15) is 29.8 Å². The van der Waals surface area contributed by atoms with Crippen LogP contribution in [-0.4, -0.2) is 31.9 Å². The summed E-state index contributed by atoms with van der Waals surface area (Å²) in [6.45, 7) is 4.95. The molecule has 3 rings (SSSR count). The average Bonchev–Trinajstić information content (AvgIpc) is 2.62. The SMILES string of the molecule is Cc1c(-c2ccccc2)oc2c(C(=O)NC(C)(C)CS(C)(=O)=O)cccc2c1=O. The Balaban J connectivity index is 2.13. The van der Waals surface area contributed by atoms with Gasteiger partial charge in [0.25, 0.3) is 5.91 Å². The lowest BCUT2D eigenvalue weighted by Crippen LogP contribution is -2.48. The van der Waals surface area contributed by atoms with Crippen LogP contribution in [0.25, 0.3) is 22.3 Å². The van der Waals surface area contributed by atoms with Crippen molar-refractivity contribution in [2.45, 2.75) is 26.3 Å². The van der Waals surface area contributed by atoms with E-state index in [1.54, 1.807) is 39.0 Å². The summed E-state index contributed by atoms with van der Waals surface area (Å²) in [6.07, 6.45) is 1.12. The highest BCUT2D eigenvalue weighted by Gasteiger charge is 2.27. The largest absolute Gasteiger partial charge is 0.455 e. The first kappa shape index (κ1) is 20.8. The van der Waals surface area contributed by atoms with Gasteiger partial charge in [-0.25, -0.2) is 8.42 Å². The molecule has 1 heterocycles. The van der Waals surface area contributed by atoms with E-state index >= 15 is 0 Å². The molecule has 0 saturated carbocycles. The van der Waals surface area contributed by atoms with Gasteiger partial charge in [0.05, 0.1) is 16.7 Å². The van der Waals surface area contributed by atoms with Crippen LogP contribution in [-0.2, 0) is 9.84 Å². The van der Waals surface area contributed by atoms with Crippen molar-refractivity contribution in [1.82, 2.24) is 5.32 Å². The molecule has 2 aromatic carbocycles. The second-order valence-corrected chi connectivity index (χ2v) is 9.98. The fourth-order valence-electron chi connectivity index (χ4n) is 3.42. The van der Waals surface area contributed by atoms with Crippen molar-refractivity contribution in [3.8, 4) is 11.3 Å². The quantitative estimate of drug-likeness (QED) is 0.693. The molecule has 0 aliphatic rings. The van der Waals surface area contributed by atoms with Crippen molar-refractivity contribution < 1.29 is 17.6 Å². The molecule has 1 N–H and O–H groups in total. The number of nitrogens with one attached hydrogen (secondary N) is 1. The summed E-state index contributed by atoms with van der Waals surface area (Å²) in [6, 6.07) is 14.0. The lowest BCUT2D eigenvalue weighted by atomic mass is 10.0.